The van der Waals surface area contributed by atoms with Gasteiger partial charge in [-0.05, 0) is 77.3 Å². The van der Waals surface area contributed by atoms with Gasteiger partial charge in [-0.2, -0.15) is 0 Å². The van der Waals surface area contributed by atoms with Crippen LogP contribution in [-0.2, 0) is 15.9 Å². The van der Waals surface area contributed by atoms with Crippen molar-refractivity contribution in [3.05, 3.63) is 89.5 Å². The number of carbonyl (C=O) groups excluding carboxylic acids is 2. The molecule has 2 unspecified atom stereocenters. The highest BCUT2D eigenvalue weighted by Crippen LogP contribution is 2.28. The van der Waals surface area contributed by atoms with Gasteiger partial charge in [0.15, 0.2) is 0 Å². The van der Waals surface area contributed by atoms with E-state index in [1.807, 2.05) is 19.1 Å². The first-order chi connectivity index (χ1) is 17.8. The van der Waals surface area contributed by atoms with Crippen molar-refractivity contribution in [3.8, 4) is 16.9 Å². The number of esters is 2. The topological polar surface area (TPSA) is 61.8 Å². The summed E-state index contributed by atoms with van der Waals surface area (Å²) < 4.78 is 16.2. The van der Waals surface area contributed by atoms with Gasteiger partial charge in [-0.15, -0.1) is 0 Å². The smallest absolute Gasteiger partial charge is 0.343 e. The minimum Gasteiger partial charge on any atom is -0.462 e. The molecule has 0 spiro atoms. The molecule has 0 radical (unpaired) electrons. The summed E-state index contributed by atoms with van der Waals surface area (Å²) in [6.45, 7) is 9.65. The number of hydrogen-bond donors (Lipinski definition) is 0. The Hall–Kier alpha value is -3.44. The van der Waals surface area contributed by atoms with E-state index in [1.54, 1.807) is 43.5 Å². The SMILES string of the molecule is CCC(C)COC(=O)c1ccc(OC(=O)c2ccc(-c3ccc(CC(C)(CC)COC)cc3)cc2)cc1. The Labute approximate surface area is 220 Å². The average molecular weight is 503 g/mol. The maximum absolute atomic E-state index is 12.6. The molecule has 37 heavy (non-hydrogen) atoms. The van der Waals surface area contributed by atoms with Gasteiger partial charge in [-0.3, -0.25) is 0 Å². The molecule has 0 aromatic heterocycles. The molecule has 0 saturated carbocycles. The third kappa shape index (κ3) is 8.02. The van der Waals surface area contributed by atoms with Crippen LogP contribution in [-0.4, -0.2) is 32.3 Å². The molecule has 5 nitrogen and oxygen atoms in total. The Kier molecular flexibility index (Phi) is 10.0. The molecular formula is C32H38O5. The zero-order chi connectivity index (χ0) is 26.8. The number of hydrogen-bond acceptors (Lipinski definition) is 5. The van der Waals surface area contributed by atoms with E-state index >= 15 is 0 Å². The Morgan fingerprint density at radius 3 is 1.89 bits per heavy atom. The highest BCUT2D eigenvalue weighted by Gasteiger charge is 2.22. The van der Waals surface area contributed by atoms with Gasteiger partial charge in [0.05, 0.1) is 24.3 Å². The van der Waals surface area contributed by atoms with Crippen molar-refractivity contribution in [2.75, 3.05) is 20.3 Å². The standard InChI is InChI=1S/C32H38O5/c1-6-23(3)21-36-30(33)27-16-18-29(19-17-27)37-31(34)28-14-12-26(13-15-28)25-10-8-24(9-11-25)20-32(4,7-2)22-35-5/h8-19,23H,6-7,20-22H2,1-5H3. The molecule has 0 aliphatic rings. The highest BCUT2D eigenvalue weighted by molar-refractivity contribution is 5.92. The lowest BCUT2D eigenvalue weighted by atomic mass is 9.82. The van der Waals surface area contributed by atoms with E-state index in [0.717, 1.165) is 37.0 Å². The molecule has 3 rings (SSSR count). The van der Waals surface area contributed by atoms with Gasteiger partial charge in [0.1, 0.15) is 5.75 Å². The summed E-state index contributed by atoms with van der Waals surface area (Å²) >= 11 is 0. The van der Waals surface area contributed by atoms with E-state index in [0.29, 0.717) is 29.4 Å². The summed E-state index contributed by atoms with van der Waals surface area (Å²) in [6.07, 6.45) is 2.96. The van der Waals surface area contributed by atoms with Crippen LogP contribution in [0.3, 0.4) is 0 Å². The van der Waals surface area contributed by atoms with Crippen LogP contribution < -0.4 is 4.74 Å². The Morgan fingerprint density at radius 2 is 1.35 bits per heavy atom. The van der Waals surface area contributed by atoms with Gasteiger partial charge in [-0.1, -0.05) is 70.5 Å². The molecule has 0 N–H and O–H groups in total. The number of ether oxygens (including phenoxy) is 3. The van der Waals surface area contributed by atoms with E-state index in [1.165, 1.54) is 5.56 Å². The van der Waals surface area contributed by atoms with Gasteiger partial charge in [0.25, 0.3) is 0 Å². The Balaban J connectivity index is 1.58. The molecule has 196 valence electrons. The van der Waals surface area contributed by atoms with Crippen LogP contribution in [0.5, 0.6) is 5.75 Å². The fraction of sp³-hybridized carbons (Fsp3) is 0.375. The fourth-order valence-electron chi connectivity index (χ4n) is 3.98. The molecule has 0 aliphatic carbocycles. The van der Waals surface area contributed by atoms with Gasteiger partial charge in [0.2, 0.25) is 0 Å². The largest absolute Gasteiger partial charge is 0.462 e. The lowest BCUT2D eigenvalue weighted by Crippen LogP contribution is -2.24. The van der Waals surface area contributed by atoms with Crippen molar-refractivity contribution in [2.45, 2.75) is 47.0 Å². The molecule has 0 fully saturated rings. The van der Waals surface area contributed by atoms with Crippen LogP contribution in [0.4, 0.5) is 0 Å². The maximum atomic E-state index is 12.6. The summed E-state index contributed by atoms with van der Waals surface area (Å²) in [5, 5.41) is 0. The second kappa shape index (κ2) is 13.2. The second-order valence-corrected chi connectivity index (χ2v) is 10.1. The monoisotopic (exact) mass is 502 g/mol. The van der Waals surface area contributed by atoms with E-state index in [2.05, 4.69) is 45.0 Å². The van der Waals surface area contributed by atoms with Crippen molar-refractivity contribution in [1.82, 2.24) is 0 Å². The molecular weight excluding hydrogens is 464 g/mol. The minimum absolute atomic E-state index is 0.120. The van der Waals surface area contributed by atoms with Gasteiger partial charge < -0.3 is 14.2 Å². The molecule has 0 bridgehead atoms. The normalized spacial score (nSPS) is 13.4. The molecule has 3 aromatic carbocycles. The van der Waals surface area contributed by atoms with Crippen LogP contribution in [0.1, 0.15) is 66.8 Å². The summed E-state index contributed by atoms with van der Waals surface area (Å²) in [5.41, 5.74) is 4.39. The van der Waals surface area contributed by atoms with Crippen LogP contribution in [0.25, 0.3) is 11.1 Å². The molecule has 0 aliphatic heterocycles. The predicted molar refractivity (Wildman–Crippen MR) is 147 cm³/mol. The average Bonchev–Trinajstić information content (AvgIpc) is 2.92. The van der Waals surface area contributed by atoms with Gasteiger partial charge in [-0.25, -0.2) is 9.59 Å². The fourth-order valence-corrected chi connectivity index (χ4v) is 3.98. The van der Waals surface area contributed by atoms with Gasteiger partial charge in [0, 0.05) is 7.11 Å². The molecule has 0 heterocycles. The first-order valence-corrected chi connectivity index (χ1v) is 12.9. The third-order valence-corrected chi connectivity index (χ3v) is 6.88. The summed E-state index contributed by atoms with van der Waals surface area (Å²) in [7, 11) is 1.75. The first-order valence-electron chi connectivity index (χ1n) is 12.9. The Morgan fingerprint density at radius 1 is 0.811 bits per heavy atom. The van der Waals surface area contributed by atoms with Crippen molar-refractivity contribution in [2.24, 2.45) is 11.3 Å². The van der Waals surface area contributed by atoms with Crippen LogP contribution in [0.2, 0.25) is 0 Å². The third-order valence-electron chi connectivity index (χ3n) is 6.88. The number of methoxy groups -OCH3 is 1. The van der Waals surface area contributed by atoms with Crippen LogP contribution >= 0.6 is 0 Å². The van der Waals surface area contributed by atoms with Crippen molar-refractivity contribution in [3.63, 3.8) is 0 Å². The van der Waals surface area contributed by atoms with E-state index in [-0.39, 0.29) is 11.4 Å². The zero-order valence-electron chi connectivity index (χ0n) is 22.6. The quantitative estimate of drug-likeness (QED) is 0.191. The highest BCUT2D eigenvalue weighted by atomic mass is 16.5. The Bertz CT molecular complexity index is 1150. The van der Waals surface area contributed by atoms with Crippen molar-refractivity contribution >= 4 is 11.9 Å². The summed E-state index contributed by atoms with van der Waals surface area (Å²) in [6, 6.07) is 22.3. The van der Waals surface area contributed by atoms with Crippen LogP contribution in [0.15, 0.2) is 72.8 Å². The van der Waals surface area contributed by atoms with Gasteiger partial charge >= 0.3 is 11.9 Å². The minimum atomic E-state index is -0.453. The van der Waals surface area contributed by atoms with Crippen molar-refractivity contribution in [1.29, 1.82) is 0 Å². The maximum Gasteiger partial charge on any atom is 0.343 e. The first kappa shape index (κ1) is 28.1. The van der Waals surface area contributed by atoms with Crippen LogP contribution in [0, 0.1) is 11.3 Å². The zero-order valence-corrected chi connectivity index (χ0v) is 22.6. The molecule has 2 atom stereocenters. The van der Waals surface area contributed by atoms with E-state index < -0.39 is 5.97 Å². The van der Waals surface area contributed by atoms with E-state index in [4.69, 9.17) is 14.2 Å². The molecule has 5 heteroatoms. The number of rotatable bonds is 12. The number of carbonyl (C=O) groups is 2. The molecule has 0 saturated heterocycles. The molecule has 3 aromatic rings. The molecule has 0 amide bonds. The van der Waals surface area contributed by atoms with E-state index in [9.17, 15) is 9.59 Å². The number of benzene rings is 3. The lowest BCUT2D eigenvalue weighted by molar-refractivity contribution is 0.0447. The summed E-state index contributed by atoms with van der Waals surface area (Å²) in [5.74, 6) is -0.143. The second-order valence-electron chi connectivity index (χ2n) is 10.1. The summed E-state index contributed by atoms with van der Waals surface area (Å²) in [4.78, 5) is 24.8. The predicted octanol–water partition coefficient (Wildman–Crippen LogP) is 7.38. The van der Waals surface area contributed by atoms with Crippen molar-refractivity contribution < 1.29 is 23.8 Å². The lowest BCUT2D eigenvalue weighted by Gasteiger charge is -2.27.